The minimum Gasteiger partial charge on any atom is -0.460 e. The Morgan fingerprint density at radius 3 is 0.605 bits per heavy atom. The highest BCUT2D eigenvalue weighted by Gasteiger charge is 2.04. The van der Waals surface area contributed by atoms with Crippen LogP contribution in [-0.2, 0) is 61.8 Å². The Morgan fingerprint density at radius 2 is 0.465 bits per heavy atom. The normalized spacial score (nSPS) is 10.0. The van der Waals surface area contributed by atoms with Gasteiger partial charge in [0.1, 0.15) is 26.4 Å². The average molecular weight is 617 g/mol. The van der Waals surface area contributed by atoms with Crippen LogP contribution in [0.2, 0.25) is 0 Å². The molecule has 0 rings (SSSR count). The van der Waals surface area contributed by atoms with Gasteiger partial charge in [0.25, 0.3) is 0 Å². The Bertz CT molecular complexity index is 809. The standard InChI is InChI=1S/C16H26O7.C14H22O6/c1-13(2)15(17)22-11-9-20-7-5-19-6-8-21-10-12-23-16(18)14(3)4;1-11(2)13(15)19-9-7-17-5-6-18-8-10-20-14(16)12(3)4/h1,3,5-12H2,2,4H3;1,3,5-10H2,2,4H3. The van der Waals surface area contributed by atoms with Crippen LogP contribution in [0.15, 0.2) is 48.6 Å². The van der Waals surface area contributed by atoms with E-state index < -0.39 is 23.9 Å². The van der Waals surface area contributed by atoms with Crippen molar-refractivity contribution in [1.82, 2.24) is 0 Å². The summed E-state index contributed by atoms with van der Waals surface area (Å²) in [5.74, 6) is -1.69. The molecule has 13 nitrogen and oxygen atoms in total. The summed E-state index contributed by atoms with van der Waals surface area (Å²) in [4.78, 5) is 44.1. The monoisotopic (exact) mass is 616 g/mol. The predicted octanol–water partition coefficient (Wildman–Crippen LogP) is 2.53. The summed E-state index contributed by atoms with van der Waals surface area (Å²) in [7, 11) is 0. The SMILES string of the molecule is C=C(C)C(=O)OCCOCCOCCOC(=O)C(=C)C.C=C(C)C(=O)OCCOCCOCCOCCOC(=O)C(=C)C. The summed E-state index contributed by atoms with van der Waals surface area (Å²) in [6, 6.07) is 0. The zero-order chi connectivity index (χ0) is 32.9. The molecule has 246 valence electrons. The van der Waals surface area contributed by atoms with Gasteiger partial charge in [0.15, 0.2) is 0 Å². The van der Waals surface area contributed by atoms with Crippen LogP contribution in [0, 0.1) is 0 Å². The number of hydrogen-bond acceptors (Lipinski definition) is 13. The highest BCUT2D eigenvalue weighted by Crippen LogP contribution is 1.94. The van der Waals surface area contributed by atoms with Crippen molar-refractivity contribution in [3.05, 3.63) is 48.6 Å². The molecule has 0 amide bonds. The van der Waals surface area contributed by atoms with E-state index in [0.29, 0.717) is 88.4 Å². The van der Waals surface area contributed by atoms with E-state index >= 15 is 0 Å². The van der Waals surface area contributed by atoms with Crippen LogP contribution in [-0.4, -0.2) is 116 Å². The molecule has 0 radical (unpaired) electrons. The Hall–Kier alpha value is -3.36. The van der Waals surface area contributed by atoms with E-state index in [1.165, 1.54) is 0 Å². The van der Waals surface area contributed by atoms with Gasteiger partial charge in [-0.05, 0) is 27.7 Å². The summed E-state index contributed by atoms with van der Waals surface area (Å²) in [6.07, 6.45) is 0. The third-order valence-electron chi connectivity index (χ3n) is 4.35. The van der Waals surface area contributed by atoms with Gasteiger partial charge in [-0.1, -0.05) is 26.3 Å². The van der Waals surface area contributed by atoms with Crippen LogP contribution in [0.4, 0.5) is 0 Å². The van der Waals surface area contributed by atoms with Crippen molar-refractivity contribution in [1.29, 1.82) is 0 Å². The highest BCUT2D eigenvalue weighted by molar-refractivity contribution is 5.88. The molecular weight excluding hydrogens is 568 g/mol. The van der Waals surface area contributed by atoms with E-state index in [-0.39, 0.29) is 26.4 Å². The number of carbonyl (C=O) groups excluding carboxylic acids is 4. The van der Waals surface area contributed by atoms with Gasteiger partial charge in [-0.15, -0.1) is 0 Å². The van der Waals surface area contributed by atoms with Gasteiger partial charge < -0.3 is 42.6 Å². The lowest BCUT2D eigenvalue weighted by molar-refractivity contribution is -0.142. The lowest BCUT2D eigenvalue weighted by atomic mass is 10.4. The van der Waals surface area contributed by atoms with Crippen LogP contribution in [0.3, 0.4) is 0 Å². The first-order chi connectivity index (χ1) is 20.4. The first-order valence-electron chi connectivity index (χ1n) is 13.6. The van der Waals surface area contributed by atoms with E-state index in [4.69, 9.17) is 42.6 Å². The molecule has 0 aromatic rings. The third kappa shape index (κ3) is 29.9. The molecule has 0 saturated heterocycles. The topological polar surface area (TPSA) is 151 Å². The summed E-state index contributed by atoms with van der Waals surface area (Å²) >= 11 is 0. The van der Waals surface area contributed by atoms with Crippen molar-refractivity contribution in [2.75, 3.05) is 92.5 Å². The molecule has 0 atom stereocenters. The maximum atomic E-state index is 11.0. The molecule has 0 aliphatic rings. The Kier molecular flexibility index (Phi) is 27.9. The Morgan fingerprint density at radius 1 is 0.326 bits per heavy atom. The van der Waals surface area contributed by atoms with Crippen LogP contribution in [0.25, 0.3) is 0 Å². The minimum atomic E-state index is -0.427. The quantitative estimate of drug-likeness (QED) is 0.0640. The molecule has 0 fully saturated rings. The molecule has 0 unspecified atom stereocenters. The second kappa shape index (κ2) is 28.7. The van der Waals surface area contributed by atoms with Crippen molar-refractivity contribution >= 4 is 23.9 Å². The smallest absolute Gasteiger partial charge is 0.333 e. The number of hydrogen-bond donors (Lipinski definition) is 0. The fraction of sp³-hybridized carbons (Fsp3) is 0.600. The number of ether oxygens (including phenoxy) is 9. The average Bonchev–Trinajstić information content (AvgIpc) is 2.95. The molecule has 0 spiro atoms. The molecule has 0 aliphatic heterocycles. The van der Waals surface area contributed by atoms with E-state index in [9.17, 15) is 19.2 Å². The lowest BCUT2D eigenvalue weighted by Gasteiger charge is -2.08. The Labute approximate surface area is 254 Å². The van der Waals surface area contributed by atoms with Gasteiger partial charge >= 0.3 is 23.9 Å². The Balaban J connectivity index is 0. The van der Waals surface area contributed by atoms with Crippen molar-refractivity contribution in [2.45, 2.75) is 27.7 Å². The predicted molar refractivity (Wildman–Crippen MR) is 157 cm³/mol. The van der Waals surface area contributed by atoms with Crippen molar-refractivity contribution in [2.24, 2.45) is 0 Å². The van der Waals surface area contributed by atoms with Crippen LogP contribution >= 0.6 is 0 Å². The number of carbonyl (C=O) groups is 4. The van der Waals surface area contributed by atoms with Crippen LogP contribution in [0.1, 0.15) is 27.7 Å². The molecule has 13 heteroatoms. The zero-order valence-corrected chi connectivity index (χ0v) is 26.0. The van der Waals surface area contributed by atoms with E-state index in [1.54, 1.807) is 27.7 Å². The summed E-state index contributed by atoms with van der Waals surface area (Å²) in [5, 5.41) is 0. The molecule has 0 aromatic carbocycles. The van der Waals surface area contributed by atoms with E-state index in [2.05, 4.69) is 26.3 Å². The largest absolute Gasteiger partial charge is 0.460 e. The first-order valence-corrected chi connectivity index (χ1v) is 13.6. The van der Waals surface area contributed by atoms with Gasteiger partial charge in [0.05, 0.1) is 66.1 Å². The molecular formula is C30H48O13. The second-order valence-corrected chi connectivity index (χ2v) is 8.73. The third-order valence-corrected chi connectivity index (χ3v) is 4.35. The first kappa shape index (κ1) is 41.8. The lowest BCUT2D eigenvalue weighted by Crippen LogP contribution is -2.15. The summed E-state index contributed by atoms with van der Waals surface area (Å²) < 4.78 is 45.4. The van der Waals surface area contributed by atoms with Crippen LogP contribution < -0.4 is 0 Å². The maximum absolute atomic E-state index is 11.0. The fourth-order valence-corrected chi connectivity index (χ4v) is 2.13. The van der Waals surface area contributed by atoms with Gasteiger partial charge in [-0.25, -0.2) is 19.2 Å². The molecule has 43 heavy (non-hydrogen) atoms. The van der Waals surface area contributed by atoms with E-state index in [1.807, 2.05) is 0 Å². The van der Waals surface area contributed by atoms with Crippen molar-refractivity contribution < 1.29 is 61.8 Å². The summed E-state index contributed by atoms with van der Waals surface area (Å²) in [5.41, 5.74) is 1.45. The molecule has 0 N–H and O–H groups in total. The van der Waals surface area contributed by atoms with Gasteiger partial charge in [-0.3, -0.25) is 0 Å². The highest BCUT2D eigenvalue weighted by atomic mass is 16.6. The van der Waals surface area contributed by atoms with Gasteiger partial charge in [0.2, 0.25) is 0 Å². The second-order valence-electron chi connectivity index (χ2n) is 8.73. The van der Waals surface area contributed by atoms with E-state index in [0.717, 1.165) is 0 Å². The molecule has 0 bridgehead atoms. The van der Waals surface area contributed by atoms with Crippen molar-refractivity contribution in [3.63, 3.8) is 0 Å². The number of rotatable bonds is 25. The maximum Gasteiger partial charge on any atom is 0.333 e. The molecule has 0 aliphatic carbocycles. The molecule has 0 saturated carbocycles. The summed E-state index contributed by atoms with van der Waals surface area (Å²) in [6.45, 7) is 24.6. The fourth-order valence-electron chi connectivity index (χ4n) is 2.13. The van der Waals surface area contributed by atoms with Crippen molar-refractivity contribution in [3.8, 4) is 0 Å². The molecule has 0 aromatic heterocycles. The minimum absolute atomic E-state index is 0.182. The number of esters is 4. The van der Waals surface area contributed by atoms with Gasteiger partial charge in [0, 0.05) is 22.3 Å². The van der Waals surface area contributed by atoms with Crippen LogP contribution in [0.5, 0.6) is 0 Å². The molecule has 0 heterocycles. The zero-order valence-electron chi connectivity index (χ0n) is 26.0. The van der Waals surface area contributed by atoms with Gasteiger partial charge in [-0.2, -0.15) is 0 Å².